The van der Waals surface area contributed by atoms with Crippen LogP contribution in [0.15, 0.2) is 59.1 Å². The zero-order valence-electron chi connectivity index (χ0n) is 19.0. The van der Waals surface area contributed by atoms with Gasteiger partial charge in [0.25, 0.3) is 0 Å². The van der Waals surface area contributed by atoms with Crippen LogP contribution in [0.1, 0.15) is 51.6 Å². The molecule has 0 N–H and O–H groups in total. The summed E-state index contributed by atoms with van der Waals surface area (Å²) in [4.78, 5) is 19.6. The summed E-state index contributed by atoms with van der Waals surface area (Å²) in [7, 11) is 1.63. The number of ether oxygens (including phenoxy) is 1. The first-order valence-corrected chi connectivity index (χ1v) is 10.6. The number of benzene rings is 2. The van der Waals surface area contributed by atoms with Crippen molar-refractivity contribution in [3.63, 3.8) is 0 Å². The summed E-state index contributed by atoms with van der Waals surface area (Å²) >= 11 is 0. The number of carbonyl (C=O) groups is 1. The van der Waals surface area contributed by atoms with Gasteiger partial charge in [-0.2, -0.15) is 4.98 Å². The fraction of sp³-hybridized carbons (Fsp3) is 0.400. The van der Waals surface area contributed by atoms with Gasteiger partial charge in [-0.15, -0.1) is 0 Å². The minimum Gasteiger partial charge on any atom is -0.497 e. The molecule has 3 aromatic rings. The fourth-order valence-electron chi connectivity index (χ4n) is 3.43. The Morgan fingerprint density at radius 2 is 1.77 bits per heavy atom. The van der Waals surface area contributed by atoms with Crippen LogP contribution in [-0.4, -0.2) is 34.6 Å². The van der Waals surface area contributed by atoms with Gasteiger partial charge in [0, 0.05) is 24.9 Å². The Labute approximate surface area is 184 Å². The molecule has 31 heavy (non-hydrogen) atoms. The standard InChI is InChI=1S/C25H31N3O3/c1-18(19-9-7-6-8-10-19)28(23(29)17-25(2,3)4)16-15-22-26-24(27-31-22)20-11-13-21(30-5)14-12-20/h6-14,18H,15-17H2,1-5H3/t18-/m0/s1. The van der Waals surface area contributed by atoms with Crippen molar-refractivity contribution >= 4 is 5.91 Å². The second kappa shape index (κ2) is 9.77. The minimum atomic E-state index is -0.0856. The van der Waals surface area contributed by atoms with Crippen molar-refractivity contribution in [2.75, 3.05) is 13.7 Å². The molecule has 1 heterocycles. The minimum absolute atomic E-state index is 0.0416. The molecule has 3 rings (SSSR count). The van der Waals surface area contributed by atoms with E-state index in [1.165, 1.54) is 0 Å². The molecule has 0 unspecified atom stereocenters. The topological polar surface area (TPSA) is 68.5 Å². The zero-order valence-corrected chi connectivity index (χ0v) is 19.0. The predicted octanol–water partition coefficient (Wildman–Crippen LogP) is 5.31. The molecule has 0 spiro atoms. The van der Waals surface area contributed by atoms with Gasteiger partial charge in [0.2, 0.25) is 17.6 Å². The average molecular weight is 422 g/mol. The highest BCUT2D eigenvalue weighted by molar-refractivity contribution is 5.77. The third kappa shape index (κ3) is 6.17. The van der Waals surface area contributed by atoms with Gasteiger partial charge in [-0.3, -0.25) is 4.79 Å². The highest BCUT2D eigenvalue weighted by Gasteiger charge is 2.26. The fourth-order valence-corrected chi connectivity index (χ4v) is 3.43. The van der Waals surface area contributed by atoms with Crippen LogP contribution in [0.2, 0.25) is 0 Å². The van der Waals surface area contributed by atoms with E-state index in [0.717, 1.165) is 16.9 Å². The third-order valence-electron chi connectivity index (χ3n) is 5.13. The van der Waals surface area contributed by atoms with E-state index >= 15 is 0 Å². The SMILES string of the molecule is COc1ccc(-c2noc(CCN(C(=O)CC(C)(C)C)[C@@H](C)c3ccccc3)n2)cc1. The third-order valence-corrected chi connectivity index (χ3v) is 5.13. The molecule has 1 atom stereocenters. The van der Waals surface area contributed by atoms with E-state index in [0.29, 0.717) is 31.1 Å². The van der Waals surface area contributed by atoms with Crippen molar-refractivity contribution in [2.45, 2.75) is 46.6 Å². The molecule has 0 saturated carbocycles. The van der Waals surface area contributed by atoms with Gasteiger partial charge >= 0.3 is 0 Å². The Hall–Kier alpha value is -3.15. The second-order valence-electron chi connectivity index (χ2n) is 8.90. The van der Waals surface area contributed by atoms with Gasteiger partial charge in [0.15, 0.2) is 0 Å². The van der Waals surface area contributed by atoms with Gasteiger partial charge in [0.1, 0.15) is 5.75 Å². The maximum atomic E-state index is 13.1. The lowest BCUT2D eigenvalue weighted by molar-refractivity contribution is -0.135. The van der Waals surface area contributed by atoms with Crippen molar-refractivity contribution in [3.05, 3.63) is 66.1 Å². The Morgan fingerprint density at radius 3 is 2.39 bits per heavy atom. The molecule has 164 valence electrons. The number of methoxy groups -OCH3 is 1. The summed E-state index contributed by atoms with van der Waals surface area (Å²) in [5.41, 5.74) is 1.88. The van der Waals surface area contributed by atoms with Crippen LogP contribution in [0.4, 0.5) is 0 Å². The number of hydrogen-bond donors (Lipinski definition) is 0. The van der Waals surface area contributed by atoms with Gasteiger partial charge in [-0.25, -0.2) is 0 Å². The molecule has 1 amide bonds. The number of nitrogens with zero attached hydrogens (tertiary/aromatic N) is 3. The largest absolute Gasteiger partial charge is 0.497 e. The average Bonchev–Trinajstić information content (AvgIpc) is 3.22. The van der Waals surface area contributed by atoms with Crippen LogP contribution < -0.4 is 4.74 Å². The number of amides is 1. The van der Waals surface area contributed by atoms with Crippen LogP contribution in [-0.2, 0) is 11.2 Å². The van der Waals surface area contributed by atoms with Gasteiger partial charge in [-0.05, 0) is 42.2 Å². The summed E-state index contributed by atoms with van der Waals surface area (Å²) in [6, 6.07) is 17.5. The normalized spacial score (nSPS) is 12.4. The van der Waals surface area contributed by atoms with E-state index in [9.17, 15) is 4.79 Å². The van der Waals surface area contributed by atoms with Crippen LogP contribution in [0, 0.1) is 5.41 Å². The number of carbonyl (C=O) groups excluding carboxylic acids is 1. The Balaban J connectivity index is 1.74. The first-order chi connectivity index (χ1) is 14.8. The first kappa shape index (κ1) is 22.5. The molecule has 0 aliphatic carbocycles. The van der Waals surface area contributed by atoms with Crippen molar-refractivity contribution in [1.29, 1.82) is 0 Å². The molecule has 1 aromatic heterocycles. The lowest BCUT2D eigenvalue weighted by Crippen LogP contribution is -2.37. The van der Waals surface area contributed by atoms with Crippen molar-refractivity contribution in [3.8, 4) is 17.1 Å². The first-order valence-electron chi connectivity index (χ1n) is 10.6. The maximum absolute atomic E-state index is 13.1. The van der Waals surface area contributed by atoms with Gasteiger partial charge in [0.05, 0.1) is 13.2 Å². The van der Waals surface area contributed by atoms with Crippen LogP contribution in [0.3, 0.4) is 0 Å². The van der Waals surface area contributed by atoms with Crippen molar-refractivity contribution in [1.82, 2.24) is 15.0 Å². The van der Waals surface area contributed by atoms with E-state index < -0.39 is 0 Å². The van der Waals surface area contributed by atoms with Gasteiger partial charge in [-0.1, -0.05) is 56.3 Å². The predicted molar refractivity (Wildman–Crippen MR) is 121 cm³/mol. The maximum Gasteiger partial charge on any atom is 0.228 e. The summed E-state index contributed by atoms with van der Waals surface area (Å²) in [5.74, 6) is 1.94. The molecule has 6 heteroatoms. The molecule has 0 fully saturated rings. The summed E-state index contributed by atoms with van der Waals surface area (Å²) in [6.07, 6.45) is 0.974. The Kier molecular flexibility index (Phi) is 7.10. The summed E-state index contributed by atoms with van der Waals surface area (Å²) in [5, 5.41) is 4.10. The zero-order chi connectivity index (χ0) is 22.4. The van der Waals surface area contributed by atoms with Gasteiger partial charge < -0.3 is 14.2 Å². The quantitative estimate of drug-likeness (QED) is 0.493. The molecular formula is C25H31N3O3. The molecule has 0 bridgehead atoms. The highest BCUT2D eigenvalue weighted by atomic mass is 16.5. The van der Waals surface area contributed by atoms with E-state index in [2.05, 4.69) is 50.0 Å². The highest BCUT2D eigenvalue weighted by Crippen LogP contribution is 2.26. The monoisotopic (exact) mass is 421 g/mol. The lowest BCUT2D eigenvalue weighted by atomic mass is 9.91. The van der Waals surface area contributed by atoms with Crippen LogP contribution in [0.5, 0.6) is 5.75 Å². The van der Waals surface area contributed by atoms with Crippen molar-refractivity contribution < 1.29 is 14.1 Å². The number of hydrogen-bond acceptors (Lipinski definition) is 5. The molecule has 0 aliphatic rings. The molecule has 2 aromatic carbocycles. The second-order valence-corrected chi connectivity index (χ2v) is 8.90. The molecule has 6 nitrogen and oxygen atoms in total. The van der Waals surface area contributed by atoms with Crippen molar-refractivity contribution in [2.24, 2.45) is 5.41 Å². The molecule has 0 saturated heterocycles. The smallest absolute Gasteiger partial charge is 0.228 e. The van der Waals surface area contributed by atoms with E-state index in [1.807, 2.05) is 47.4 Å². The van der Waals surface area contributed by atoms with E-state index in [-0.39, 0.29) is 17.4 Å². The van der Waals surface area contributed by atoms with E-state index in [4.69, 9.17) is 9.26 Å². The lowest BCUT2D eigenvalue weighted by Gasteiger charge is -2.32. The molecular weight excluding hydrogens is 390 g/mol. The summed E-state index contributed by atoms with van der Waals surface area (Å²) in [6.45, 7) is 8.81. The van der Waals surface area contributed by atoms with Crippen LogP contribution in [0.25, 0.3) is 11.4 Å². The number of aromatic nitrogens is 2. The Morgan fingerprint density at radius 1 is 1.10 bits per heavy atom. The number of rotatable bonds is 8. The molecule has 0 radical (unpaired) electrons. The summed E-state index contributed by atoms with van der Waals surface area (Å²) < 4.78 is 10.7. The van der Waals surface area contributed by atoms with E-state index in [1.54, 1.807) is 7.11 Å². The molecule has 0 aliphatic heterocycles. The van der Waals surface area contributed by atoms with Crippen LogP contribution >= 0.6 is 0 Å². The Bertz CT molecular complexity index is 975.